The minimum absolute atomic E-state index is 0.0169. The molecule has 2 unspecified atom stereocenters. The Labute approximate surface area is 233 Å². The molecule has 7 nitrogen and oxygen atoms in total. The third-order valence-corrected chi connectivity index (χ3v) is 6.05. The maximum Gasteiger partial charge on any atom is 0.238 e. The number of allylic oxidation sites excluding steroid dienone is 5. The zero-order valence-electron chi connectivity index (χ0n) is 24.6. The second-order valence-electron chi connectivity index (χ2n) is 10.9. The van der Waals surface area contributed by atoms with Gasteiger partial charge in [0.2, 0.25) is 5.88 Å². The molecule has 2 heterocycles. The van der Waals surface area contributed by atoms with Crippen molar-refractivity contribution in [1.82, 2.24) is 20.2 Å². The van der Waals surface area contributed by atoms with Gasteiger partial charge in [-0.25, -0.2) is 9.37 Å². The number of hydrogen-bond acceptors (Lipinski definition) is 6. The van der Waals surface area contributed by atoms with Gasteiger partial charge in [0.1, 0.15) is 17.6 Å². The lowest BCUT2D eigenvalue weighted by Gasteiger charge is -2.28. The van der Waals surface area contributed by atoms with E-state index >= 15 is 4.39 Å². The fourth-order valence-corrected chi connectivity index (χ4v) is 3.95. The molecule has 0 radical (unpaired) electrons. The summed E-state index contributed by atoms with van der Waals surface area (Å²) in [6.45, 7) is 24.4. The lowest BCUT2D eigenvalue weighted by atomic mass is 9.90. The molecule has 3 N–H and O–H groups in total. The van der Waals surface area contributed by atoms with Crippen LogP contribution in [0, 0.1) is 23.7 Å². The number of pyridine rings is 1. The lowest BCUT2D eigenvalue weighted by molar-refractivity contribution is 0.325. The molecule has 0 aromatic carbocycles. The number of nitrogens with zero attached hydrogens (tertiary/aromatic N) is 3. The fourth-order valence-electron chi connectivity index (χ4n) is 3.95. The average Bonchev–Trinajstić information content (AvgIpc) is 3.37. The largest absolute Gasteiger partial charge is 0.476 e. The maximum absolute atomic E-state index is 15.2. The highest BCUT2D eigenvalue weighted by molar-refractivity contribution is 5.64. The van der Waals surface area contributed by atoms with Crippen molar-refractivity contribution >= 4 is 5.69 Å². The highest BCUT2D eigenvalue weighted by atomic mass is 19.1. The van der Waals surface area contributed by atoms with Gasteiger partial charge < -0.3 is 25.3 Å². The van der Waals surface area contributed by atoms with Gasteiger partial charge in [0.25, 0.3) is 0 Å². The minimum atomic E-state index is -0.545. The topological polar surface area (TPSA) is 86.9 Å². The third kappa shape index (κ3) is 9.36. The first kappa shape index (κ1) is 31.2. The SMILES string of the molecule is C=C(CC(C)(C)C)NC(C)C(C)N/C(C)=C(F)/C=C(/C#N)C(=C)Nc1cc(-n2cccc2)c(OCC)nc1C. The number of hydrogen-bond donors (Lipinski definition) is 3. The zero-order valence-corrected chi connectivity index (χ0v) is 24.6. The molecule has 2 aromatic heterocycles. The summed E-state index contributed by atoms with van der Waals surface area (Å²) < 4.78 is 22.8. The van der Waals surface area contributed by atoms with Gasteiger partial charge in [-0.05, 0) is 70.7 Å². The standard InChI is InChI=1S/C31H43FN6O/c1-11-39-30-29(38-14-12-13-15-38)17-28(25(7)37-30)36-23(5)26(19-33)16-27(32)24(6)35-22(4)21(3)34-20(2)18-31(8,9)10/h12-17,21-22,34-36H,2,5,11,18H2,1,3-4,6-10H3/b26-16-,27-24-. The Morgan fingerprint density at radius 3 is 2.38 bits per heavy atom. The Balaban J connectivity index is 2.19. The van der Waals surface area contributed by atoms with Gasteiger partial charge >= 0.3 is 0 Å². The van der Waals surface area contributed by atoms with Crippen LogP contribution in [0.2, 0.25) is 0 Å². The van der Waals surface area contributed by atoms with Gasteiger partial charge in [0.05, 0.1) is 23.6 Å². The highest BCUT2D eigenvalue weighted by Crippen LogP contribution is 2.29. The van der Waals surface area contributed by atoms with Crippen molar-refractivity contribution < 1.29 is 9.13 Å². The van der Waals surface area contributed by atoms with E-state index in [-0.39, 0.29) is 28.8 Å². The molecular formula is C31H43FN6O. The molecule has 0 spiro atoms. The van der Waals surface area contributed by atoms with Gasteiger partial charge in [0.15, 0.2) is 0 Å². The second kappa shape index (κ2) is 13.7. The normalized spacial score (nSPS) is 14.0. The Bertz CT molecular complexity index is 1260. The predicted molar refractivity (Wildman–Crippen MR) is 158 cm³/mol. The third-order valence-electron chi connectivity index (χ3n) is 6.05. The van der Waals surface area contributed by atoms with E-state index in [0.717, 1.165) is 17.8 Å². The van der Waals surface area contributed by atoms with Crippen LogP contribution in [0.1, 0.15) is 60.6 Å². The quantitative estimate of drug-likeness (QED) is 0.188. The van der Waals surface area contributed by atoms with Crippen molar-refractivity contribution in [2.45, 2.75) is 73.9 Å². The summed E-state index contributed by atoms with van der Waals surface area (Å²) in [7, 11) is 0. The molecule has 210 valence electrons. The monoisotopic (exact) mass is 534 g/mol. The second-order valence-corrected chi connectivity index (χ2v) is 10.9. The number of ether oxygens (including phenoxy) is 1. The molecule has 2 atom stereocenters. The van der Waals surface area contributed by atoms with Gasteiger partial charge in [-0.15, -0.1) is 0 Å². The maximum atomic E-state index is 15.2. The van der Waals surface area contributed by atoms with E-state index in [1.807, 2.05) is 68.9 Å². The molecule has 0 bridgehead atoms. The summed E-state index contributed by atoms with van der Waals surface area (Å²) in [5.74, 6) is -0.0504. The molecule has 0 fully saturated rings. The summed E-state index contributed by atoms with van der Waals surface area (Å²) >= 11 is 0. The number of rotatable bonds is 13. The van der Waals surface area contributed by atoms with Crippen LogP contribution in [0.3, 0.4) is 0 Å². The molecular weight excluding hydrogens is 491 g/mol. The van der Waals surface area contributed by atoms with Gasteiger partial charge in [-0.1, -0.05) is 33.9 Å². The lowest BCUT2D eigenvalue weighted by Crippen LogP contribution is -2.43. The number of halogens is 1. The Kier molecular flexibility index (Phi) is 11.0. The summed E-state index contributed by atoms with van der Waals surface area (Å²) in [6.07, 6.45) is 5.81. The molecule has 2 rings (SSSR count). The van der Waals surface area contributed by atoms with Crippen LogP contribution in [0.15, 0.2) is 78.3 Å². The van der Waals surface area contributed by atoms with Crippen LogP contribution in [-0.2, 0) is 0 Å². The number of anilines is 1. The van der Waals surface area contributed by atoms with Crippen molar-refractivity contribution in [3.63, 3.8) is 0 Å². The number of nitrogens with one attached hydrogen (secondary N) is 3. The summed E-state index contributed by atoms with van der Waals surface area (Å²) in [6, 6.07) is 7.66. The molecule has 39 heavy (non-hydrogen) atoms. The summed E-state index contributed by atoms with van der Waals surface area (Å²) in [4.78, 5) is 4.58. The Morgan fingerprint density at radius 1 is 1.21 bits per heavy atom. The molecule has 0 aliphatic rings. The molecule has 0 amide bonds. The van der Waals surface area contributed by atoms with Crippen LogP contribution < -0.4 is 20.7 Å². The molecule has 0 saturated carbocycles. The van der Waals surface area contributed by atoms with Crippen molar-refractivity contribution in [2.24, 2.45) is 5.41 Å². The molecule has 2 aromatic rings. The van der Waals surface area contributed by atoms with Crippen LogP contribution >= 0.6 is 0 Å². The number of nitriles is 1. The van der Waals surface area contributed by atoms with Crippen molar-refractivity contribution in [2.75, 3.05) is 11.9 Å². The Morgan fingerprint density at radius 2 is 1.82 bits per heavy atom. The van der Waals surface area contributed by atoms with Gasteiger partial charge in [-0.2, -0.15) is 5.26 Å². The Hall–Kier alpha value is -3.99. The smallest absolute Gasteiger partial charge is 0.238 e. The minimum Gasteiger partial charge on any atom is -0.476 e. The number of aryl methyl sites for hydroxylation is 1. The van der Waals surface area contributed by atoms with E-state index in [4.69, 9.17) is 4.74 Å². The first-order chi connectivity index (χ1) is 18.2. The molecule has 0 aliphatic heterocycles. The highest BCUT2D eigenvalue weighted by Gasteiger charge is 2.18. The van der Waals surface area contributed by atoms with Crippen molar-refractivity contribution in [1.29, 1.82) is 5.26 Å². The summed E-state index contributed by atoms with van der Waals surface area (Å²) in [5, 5.41) is 19.5. The van der Waals surface area contributed by atoms with Gasteiger partial charge in [-0.3, -0.25) is 0 Å². The van der Waals surface area contributed by atoms with Crippen LogP contribution in [0.5, 0.6) is 5.88 Å². The van der Waals surface area contributed by atoms with E-state index in [0.29, 0.717) is 29.6 Å². The number of aromatic nitrogens is 2. The molecule has 0 saturated heterocycles. The molecule has 0 aliphatic carbocycles. The molecule has 8 heteroatoms. The van der Waals surface area contributed by atoms with E-state index in [9.17, 15) is 5.26 Å². The fraction of sp³-hybridized carbons (Fsp3) is 0.419. The predicted octanol–water partition coefficient (Wildman–Crippen LogP) is 7.06. The van der Waals surface area contributed by atoms with Crippen LogP contribution in [0.4, 0.5) is 10.1 Å². The van der Waals surface area contributed by atoms with Crippen molar-refractivity contribution in [3.8, 4) is 17.6 Å². The van der Waals surface area contributed by atoms with Crippen LogP contribution in [-0.4, -0.2) is 28.2 Å². The van der Waals surface area contributed by atoms with Gasteiger partial charge in [0, 0.05) is 41.6 Å². The zero-order chi connectivity index (χ0) is 29.3. The van der Waals surface area contributed by atoms with E-state index in [2.05, 4.69) is 54.9 Å². The average molecular weight is 535 g/mol. The first-order valence-corrected chi connectivity index (χ1v) is 13.2. The first-order valence-electron chi connectivity index (χ1n) is 13.2. The van der Waals surface area contributed by atoms with Crippen LogP contribution in [0.25, 0.3) is 5.69 Å². The van der Waals surface area contributed by atoms with E-state index < -0.39 is 5.83 Å². The van der Waals surface area contributed by atoms with Crippen molar-refractivity contribution in [3.05, 3.63) is 84.0 Å². The van der Waals surface area contributed by atoms with E-state index in [1.165, 1.54) is 6.08 Å². The van der Waals surface area contributed by atoms with E-state index in [1.54, 1.807) is 6.92 Å². The summed E-state index contributed by atoms with van der Waals surface area (Å²) in [5.41, 5.74) is 3.75.